The largest absolute Gasteiger partial charge is 0.462 e. The average molecular weight is 328 g/mol. The summed E-state index contributed by atoms with van der Waals surface area (Å²) in [4.78, 5) is 19.7. The zero-order chi connectivity index (χ0) is 15.6. The predicted molar refractivity (Wildman–Crippen MR) is 86.1 cm³/mol. The molecule has 1 aliphatic heterocycles. The third-order valence-corrected chi connectivity index (χ3v) is 5.04. The second-order valence-electron chi connectivity index (χ2n) is 5.53. The van der Waals surface area contributed by atoms with Gasteiger partial charge in [0.2, 0.25) is 0 Å². The molecule has 3 aromatic rings. The van der Waals surface area contributed by atoms with Gasteiger partial charge in [0.15, 0.2) is 10.8 Å². The second kappa shape index (κ2) is 6.00. The summed E-state index contributed by atoms with van der Waals surface area (Å²) >= 11 is 1.38. The minimum absolute atomic E-state index is 0.0509. The van der Waals surface area contributed by atoms with Crippen molar-refractivity contribution >= 4 is 17.2 Å². The summed E-state index contributed by atoms with van der Waals surface area (Å²) in [5.74, 6) is 0.749. The minimum atomic E-state index is 0.0509. The van der Waals surface area contributed by atoms with Crippen molar-refractivity contribution in [2.75, 3.05) is 6.54 Å². The molecule has 0 aliphatic carbocycles. The Morgan fingerprint density at radius 3 is 3.17 bits per heavy atom. The summed E-state index contributed by atoms with van der Waals surface area (Å²) in [6.07, 6.45) is 8.99. The Kier molecular flexibility index (Phi) is 3.70. The first-order valence-corrected chi connectivity index (χ1v) is 8.41. The Morgan fingerprint density at radius 2 is 2.39 bits per heavy atom. The SMILES string of the molecule is O=C(c1cnc(-c2ccco2)s1)N1CCC[C@@H]1Cn1cccn1. The molecule has 4 rings (SSSR count). The Labute approximate surface area is 137 Å². The van der Waals surface area contributed by atoms with Crippen molar-refractivity contribution in [1.82, 2.24) is 19.7 Å². The van der Waals surface area contributed by atoms with Gasteiger partial charge in [-0.05, 0) is 31.0 Å². The van der Waals surface area contributed by atoms with E-state index in [4.69, 9.17) is 4.42 Å². The first-order valence-electron chi connectivity index (χ1n) is 7.59. The molecular formula is C16H16N4O2S. The van der Waals surface area contributed by atoms with E-state index >= 15 is 0 Å². The number of thiazole rings is 1. The molecule has 6 nitrogen and oxygen atoms in total. The third kappa shape index (κ3) is 2.79. The van der Waals surface area contributed by atoms with E-state index < -0.39 is 0 Å². The number of hydrogen-bond donors (Lipinski definition) is 0. The number of nitrogens with zero attached hydrogens (tertiary/aromatic N) is 4. The number of amides is 1. The van der Waals surface area contributed by atoms with Crippen molar-refractivity contribution in [3.8, 4) is 10.8 Å². The van der Waals surface area contributed by atoms with Crippen molar-refractivity contribution in [2.45, 2.75) is 25.4 Å². The smallest absolute Gasteiger partial charge is 0.265 e. The van der Waals surface area contributed by atoms with Crippen molar-refractivity contribution in [1.29, 1.82) is 0 Å². The van der Waals surface area contributed by atoms with Crippen LogP contribution in [0.15, 0.2) is 47.5 Å². The second-order valence-corrected chi connectivity index (χ2v) is 6.56. The lowest BCUT2D eigenvalue weighted by atomic mass is 10.2. The fourth-order valence-corrected chi connectivity index (χ4v) is 3.79. The van der Waals surface area contributed by atoms with Crippen LogP contribution < -0.4 is 0 Å². The fourth-order valence-electron chi connectivity index (χ4n) is 2.95. The van der Waals surface area contributed by atoms with Crippen molar-refractivity contribution < 1.29 is 9.21 Å². The molecule has 0 bridgehead atoms. The van der Waals surface area contributed by atoms with Gasteiger partial charge in [-0.3, -0.25) is 9.48 Å². The van der Waals surface area contributed by atoms with Gasteiger partial charge in [-0.25, -0.2) is 4.98 Å². The van der Waals surface area contributed by atoms with E-state index in [0.717, 1.165) is 30.9 Å². The normalized spacial score (nSPS) is 17.7. The Morgan fingerprint density at radius 1 is 1.43 bits per heavy atom. The third-order valence-electron chi connectivity index (χ3n) is 4.04. The number of carbonyl (C=O) groups excluding carboxylic acids is 1. The highest BCUT2D eigenvalue weighted by atomic mass is 32.1. The minimum Gasteiger partial charge on any atom is -0.462 e. The molecule has 0 spiro atoms. The Bertz CT molecular complexity index is 779. The quantitative estimate of drug-likeness (QED) is 0.739. The maximum Gasteiger partial charge on any atom is 0.265 e. The molecule has 7 heteroatoms. The number of carbonyl (C=O) groups is 1. The van der Waals surface area contributed by atoms with Gasteiger partial charge in [0.05, 0.1) is 25.0 Å². The van der Waals surface area contributed by atoms with Gasteiger partial charge >= 0.3 is 0 Å². The topological polar surface area (TPSA) is 64.2 Å². The maximum absolute atomic E-state index is 12.8. The molecule has 118 valence electrons. The molecule has 0 radical (unpaired) electrons. The van der Waals surface area contributed by atoms with Gasteiger partial charge in [0.1, 0.15) is 4.88 Å². The van der Waals surface area contributed by atoms with Gasteiger partial charge in [0.25, 0.3) is 5.91 Å². The number of likely N-dealkylation sites (tertiary alicyclic amines) is 1. The summed E-state index contributed by atoms with van der Waals surface area (Å²) in [5, 5.41) is 4.98. The lowest BCUT2D eigenvalue weighted by Crippen LogP contribution is -2.37. The summed E-state index contributed by atoms with van der Waals surface area (Å²) in [7, 11) is 0. The van der Waals surface area contributed by atoms with Gasteiger partial charge in [-0.2, -0.15) is 5.10 Å². The number of furan rings is 1. The molecule has 3 aromatic heterocycles. The summed E-state index contributed by atoms with van der Waals surface area (Å²) < 4.78 is 7.23. The molecule has 1 saturated heterocycles. The first-order chi connectivity index (χ1) is 11.3. The lowest BCUT2D eigenvalue weighted by Gasteiger charge is -2.24. The Balaban J connectivity index is 1.51. The maximum atomic E-state index is 12.8. The molecule has 1 fully saturated rings. The zero-order valence-corrected chi connectivity index (χ0v) is 13.3. The monoisotopic (exact) mass is 328 g/mol. The van der Waals surface area contributed by atoms with Crippen molar-refractivity contribution in [2.24, 2.45) is 0 Å². The van der Waals surface area contributed by atoms with E-state index in [2.05, 4.69) is 10.1 Å². The zero-order valence-electron chi connectivity index (χ0n) is 12.5. The van der Waals surface area contributed by atoms with Crippen LogP contribution in [-0.4, -0.2) is 38.2 Å². The van der Waals surface area contributed by atoms with Crippen molar-refractivity contribution in [3.63, 3.8) is 0 Å². The number of rotatable bonds is 4. The molecule has 0 aromatic carbocycles. The lowest BCUT2D eigenvalue weighted by molar-refractivity contribution is 0.0726. The number of hydrogen-bond acceptors (Lipinski definition) is 5. The molecule has 0 saturated carbocycles. The van der Waals surface area contributed by atoms with Crippen LogP contribution in [0.1, 0.15) is 22.5 Å². The van der Waals surface area contributed by atoms with Crippen LogP contribution in [0.5, 0.6) is 0 Å². The molecule has 23 heavy (non-hydrogen) atoms. The van der Waals surface area contributed by atoms with Gasteiger partial charge in [-0.1, -0.05) is 0 Å². The number of aromatic nitrogens is 3. The molecule has 4 heterocycles. The van der Waals surface area contributed by atoms with E-state index in [1.807, 2.05) is 34.0 Å². The molecule has 1 amide bonds. The Hall–Kier alpha value is -2.41. The van der Waals surface area contributed by atoms with Crippen LogP contribution in [0.3, 0.4) is 0 Å². The summed E-state index contributed by atoms with van der Waals surface area (Å²) in [6.45, 7) is 1.53. The predicted octanol–water partition coefficient (Wildman–Crippen LogP) is 2.90. The first kappa shape index (κ1) is 14.2. The molecular weight excluding hydrogens is 312 g/mol. The van der Waals surface area contributed by atoms with Gasteiger partial charge in [-0.15, -0.1) is 11.3 Å². The highest BCUT2D eigenvalue weighted by molar-refractivity contribution is 7.16. The van der Waals surface area contributed by atoms with E-state index in [1.165, 1.54) is 11.3 Å². The van der Waals surface area contributed by atoms with Crippen LogP contribution in [-0.2, 0) is 6.54 Å². The van der Waals surface area contributed by atoms with Gasteiger partial charge < -0.3 is 9.32 Å². The highest BCUT2D eigenvalue weighted by Gasteiger charge is 2.31. The van der Waals surface area contributed by atoms with Crippen LogP contribution in [0.2, 0.25) is 0 Å². The average Bonchev–Trinajstić information content (AvgIpc) is 3.33. The molecule has 0 unspecified atom stereocenters. The standard InChI is InChI=1S/C16H16N4O2S/c21-16(14-10-17-15(23-14)13-5-2-9-22-13)20-8-1-4-12(20)11-19-7-3-6-18-19/h2-3,5-7,9-10,12H,1,4,8,11H2/t12-/m1/s1. The van der Waals surface area contributed by atoms with Gasteiger partial charge in [0, 0.05) is 18.9 Å². The molecule has 1 aliphatic rings. The van der Waals surface area contributed by atoms with Crippen LogP contribution in [0.4, 0.5) is 0 Å². The van der Waals surface area contributed by atoms with Crippen LogP contribution >= 0.6 is 11.3 Å². The van der Waals surface area contributed by atoms with E-state index in [0.29, 0.717) is 10.6 Å². The molecule has 0 N–H and O–H groups in total. The van der Waals surface area contributed by atoms with Crippen LogP contribution in [0, 0.1) is 0 Å². The van der Waals surface area contributed by atoms with Crippen LogP contribution in [0.25, 0.3) is 10.8 Å². The summed E-state index contributed by atoms with van der Waals surface area (Å²) in [5.41, 5.74) is 0. The summed E-state index contributed by atoms with van der Waals surface area (Å²) in [6, 6.07) is 5.76. The van der Waals surface area contributed by atoms with E-state index in [1.54, 1.807) is 18.7 Å². The fraction of sp³-hybridized carbons (Fsp3) is 0.312. The van der Waals surface area contributed by atoms with Crippen molar-refractivity contribution in [3.05, 3.63) is 47.9 Å². The van der Waals surface area contributed by atoms with E-state index in [9.17, 15) is 4.79 Å². The van der Waals surface area contributed by atoms with E-state index in [-0.39, 0.29) is 11.9 Å². The highest BCUT2D eigenvalue weighted by Crippen LogP contribution is 2.28. The molecule has 1 atom stereocenters.